The lowest BCUT2D eigenvalue weighted by molar-refractivity contribution is 0.655. The number of aromatic nitrogens is 3. The molecule has 0 fully saturated rings. The summed E-state index contributed by atoms with van der Waals surface area (Å²) < 4.78 is 1.88. The Morgan fingerprint density at radius 3 is 2.38 bits per heavy atom. The monoisotopic (exact) mass is 298 g/mol. The summed E-state index contributed by atoms with van der Waals surface area (Å²) in [5.41, 5.74) is 9.73. The highest BCUT2D eigenvalue weighted by atomic mass is 35.5. The Morgan fingerprint density at radius 2 is 1.71 bits per heavy atom. The van der Waals surface area contributed by atoms with E-state index < -0.39 is 0 Å². The van der Waals surface area contributed by atoms with E-state index >= 15 is 0 Å². The largest absolute Gasteiger partial charge is 0.325 e. The predicted octanol–water partition coefficient (Wildman–Crippen LogP) is 3.11. The van der Waals surface area contributed by atoms with Gasteiger partial charge in [0.15, 0.2) is 0 Å². The molecule has 3 rings (SSSR count). The lowest BCUT2D eigenvalue weighted by atomic mass is 10.1. The zero-order chi connectivity index (χ0) is 14.7. The minimum Gasteiger partial charge on any atom is -0.325 e. The highest BCUT2D eigenvalue weighted by Crippen LogP contribution is 2.23. The van der Waals surface area contributed by atoms with Crippen LogP contribution in [0.2, 0.25) is 5.02 Å². The molecule has 0 radical (unpaired) electrons. The molecule has 1 heterocycles. The second-order valence-corrected chi connectivity index (χ2v) is 5.18. The molecule has 5 heteroatoms. The molecule has 0 saturated carbocycles. The summed E-state index contributed by atoms with van der Waals surface area (Å²) in [6.07, 6.45) is 0. The van der Waals surface area contributed by atoms with E-state index in [-0.39, 0.29) is 0 Å². The molecule has 0 aliphatic carbocycles. The van der Waals surface area contributed by atoms with E-state index in [0.29, 0.717) is 13.1 Å². The topological polar surface area (TPSA) is 56.7 Å². The van der Waals surface area contributed by atoms with Crippen molar-refractivity contribution in [2.75, 3.05) is 0 Å². The van der Waals surface area contributed by atoms with Crippen LogP contribution in [0, 0.1) is 0 Å². The number of halogens is 1. The van der Waals surface area contributed by atoms with Gasteiger partial charge in [-0.25, -0.2) is 4.68 Å². The second kappa shape index (κ2) is 6.08. The quantitative estimate of drug-likeness (QED) is 0.805. The van der Waals surface area contributed by atoms with Gasteiger partial charge in [0.05, 0.1) is 12.2 Å². The van der Waals surface area contributed by atoms with Gasteiger partial charge in [-0.05, 0) is 17.7 Å². The van der Waals surface area contributed by atoms with Crippen LogP contribution in [-0.2, 0) is 13.1 Å². The third kappa shape index (κ3) is 2.96. The molecule has 1 aromatic heterocycles. The summed E-state index contributed by atoms with van der Waals surface area (Å²) in [6.45, 7) is 0.999. The summed E-state index contributed by atoms with van der Waals surface area (Å²) in [5.74, 6) is 0. The van der Waals surface area contributed by atoms with E-state index in [2.05, 4.69) is 10.3 Å². The fourth-order valence-corrected chi connectivity index (χ4v) is 2.40. The highest BCUT2D eigenvalue weighted by molar-refractivity contribution is 6.30. The molecule has 0 amide bonds. The van der Waals surface area contributed by atoms with Crippen molar-refractivity contribution in [2.45, 2.75) is 13.1 Å². The Balaban J connectivity index is 1.99. The summed E-state index contributed by atoms with van der Waals surface area (Å²) >= 11 is 5.92. The van der Waals surface area contributed by atoms with Crippen molar-refractivity contribution >= 4 is 11.6 Å². The van der Waals surface area contributed by atoms with Gasteiger partial charge < -0.3 is 5.73 Å². The van der Waals surface area contributed by atoms with Crippen molar-refractivity contribution in [1.82, 2.24) is 15.0 Å². The molecule has 0 aliphatic heterocycles. The van der Waals surface area contributed by atoms with Crippen molar-refractivity contribution in [2.24, 2.45) is 5.73 Å². The molecule has 2 N–H and O–H groups in total. The van der Waals surface area contributed by atoms with Crippen LogP contribution in [0.4, 0.5) is 0 Å². The zero-order valence-corrected chi connectivity index (χ0v) is 12.2. The van der Waals surface area contributed by atoms with Gasteiger partial charge in [0.1, 0.15) is 5.69 Å². The molecule has 4 nitrogen and oxygen atoms in total. The van der Waals surface area contributed by atoms with Crippen molar-refractivity contribution in [1.29, 1.82) is 0 Å². The lowest BCUT2D eigenvalue weighted by Gasteiger charge is -2.08. The molecular weight excluding hydrogens is 284 g/mol. The van der Waals surface area contributed by atoms with Crippen LogP contribution in [0.25, 0.3) is 11.3 Å². The van der Waals surface area contributed by atoms with Crippen LogP contribution < -0.4 is 5.73 Å². The molecule has 0 spiro atoms. The van der Waals surface area contributed by atoms with E-state index in [4.69, 9.17) is 17.3 Å². The minimum absolute atomic E-state index is 0.366. The summed E-state index contributed by atoms with van der Waals surface area (Å²) in [5, 5.41) is 9.15. The molecule has 3 aromatic rings. The first-order valence-corrected chi connectivity index (χ1v) is 7.08. The van der Waals surface area contributed by atoms with Crippen LogP contribution in [0.15, 0.2) is 54.6 Å². The first-order chi connectivity index (χ1) is 10.3. The zero-order valence-electron chi connectivity index (χ0n) is 11.4. The molecule has 0 bridgehead atoms. The fourth-order valence-electron chi connectivity index (χ4n) is 2.27. The van der Waals surface area contributed by atoms with Gasteiger partial charge >= 0.3 is 0 Å². The fraction of sp³-hybridized carbons (Fsp3) is 0.125. The number of hydrogen-bond acceptors (Lipinski definition) is 3. The van der Waals surface area contributed by atoms with Crippen molar-refractivity contribution in [3.05, 3.63) is 70.9 Å². The molecule has 0 saturated heterocycles. The van der Waals surface area contributed by atoms with E-state index in [1.165, 1.54) is 0 Å². The Morgan fingerprint density at radius 1 is 1.00 bits per heavy atom. The van der Waals surface area contributed by atoms with Gasteiger partial charge in [-0.3, -0.25) is 0 Å². The average molecular weight is 299 g/mol. The van der Waals surface area contributed by atoms with Crippen LogP contribution in [-0.4, -0.2) is 15.0 Å². The number of nitrogens with zero attached hydrogens (tertiary/aromatic N) is 3. The van der Waals surface area contributed by atoms with Gasteiger partial charge in [0.2, 0.25) is 0 Å². The molecule has 2 aromatic carbocycles. The van der Waals surface area contributed by atoms with Gasteiger partial charge in [0.25, 0.3) is 0 Å². The van der Waals surface area contributed by atoms with E-state index in [0.717, 1.165) is 27.5 Å². The normalized spacial score (nSPS) is 10.8. The van der Waals surface area contributed by atoms with Crippen LogP contribution >= 0.6 is 11.6 Å². The molecule has 0 unspecified atom stereocenters. The van der Waals surface area contributed by atoms with Crippen LogP contribution in [0.3, 0.4) is 0 Å². The Kier molecular flexibility index (Phi) is 3.99. The lowest BCUT2D eigenvalue weighted by Crippen LogP contribution is -2.05. The number of rotatable bonds is 4. The van der Waals surface area contributed by atoms with E-state index in [1.54, 1.807) is 0 Å². The van der Waals surface area contributed by atoms with Crippen LogP contribution in [0.5, 0.6) is 0 Å². The second-order valence-electron chi connectivity index (χ2n) is 4.74. The van der Waals surface area contributed by atoms with Gasteiger partial charge in [-0.1, -0.05) is 59.3 Å². The SMILES string of the molecule is NCc1nnn(Cc2ccc(Cl)cc2)c1-c1ccccc1. The Hall–Kier alpha value is -2.17. The first-order valence-electron chi connectivity index (χ1n) is 6.70. The standard InChI is InChI=1S/C16H15ClN4/c17-14-8-6-12(7-9-14)11-21-16(15(10-18)19-20-21)13-4-2-1-3-5-13/h1-9H,10-11,18H2. The third-order valence-corrected chi connectivity index (χ3v) is 3.54. The maximum atomic E-state index is 5.92. The maximum Gasteiger partial charge on any atom is 0.104 e. The van der Waals surface area contributed by atoms with Gasteiger partial charge in [0, 0.05) is 17.1 Å². The number of nitrogens with two attached hydrogens (primary N) is 1. The van der Waals surface area contributed by atoms with Gasteiger partial charge in [-0.2, -0.15) is 0 Å². The third-order valence-electron chi connectivity index (χ3n) is 3.29. The molecule has 21 heavy (non-hydrogen) atoms. The van der Waals surface area contributed by atoms with Gasteiger partial charge in [-0.15, -0.1) is 5.10 Å². The summed E-state index contributed by atoms with van der Waals surface area (Å²) in [4.78, 5) is 0. The molecular formula is C16H15ClN4. The molecule has 106 valence electrons. The number of benzene rings is 2. The van der Waals surface area contributed by atoms with Crippen molar-refractivity contribution < 1.29 is 0 Å². The number of hydrogen-bond donors (Lipinski definition) is 1. The minimum atomic E-state index is 0.366. The van der Waals surface area contributed by atoms with E-state index in [1.807, 2.05) is 59.3 Å². The van der Waals surface area contributed by atoms with Crippen molar-refractivity contribution in [3.63, 3.8) is 0 Å². The Bertz CT molecular complexity index is 720. The van der Waals surface area contributed by atoms with Crippen molar-refractivity contribution in [3.8, 4) is 11.3 Å². The smallest absolute Gasteiger partial charge is 0.104 e. The predicted molar refractivity (Wildman–Crippen MR) is 83.9 cm³/mol. The van der Waals surface area contributed by atoms with Crippen LogP contribution in [0.1, 0.15) is 11.3 Å². The molecule has 0 aliphatic rings. The Labute approximate surface area is 128 Å². The van der Waals surface area contributed by atoms with E-state index in [9.17, 15) is 0 Å². The summed E-state index contributed by atoms with van der Waals surface area (Å²) in [6, 6.07) is 17.8. The maximum absolute atomic E-state index is 5.92. The molecule has 0 atom stereocenters. The first kappa shape index (κ1) is 13.8. The average Bonchev–Trinajstić information content (AvgIpc) is 2.93. The summed E-state index contributed by atoms with van der Waals surface area (Å²) in [7, 11) is 0. The highest BCUT2D eigenvalue weighted by Gasteiger charge is 2.13.